The number of aromatic hydroxyl groups is 1. The van der Waals surface area contributed by atoms with Crippen LogP contribution in [0, 0.1) is 5.82 Å². The smallest absolute Gasteiger partial charge is 0.149 e. The number of hydrogen-bond donors (Lipinski definition) is 1. The zero-order valence-corrected chi connectivity index (χ0v) is 9.34. The van der Waals surface area contributed by atoms with Crippen molar-refractivity contribution in [3.8, 4) is 16.9 Å². The lowest BCUT2D eigenvalue weighted by Gasteiger charge is -2.07. The molecule has 3 rings (SSSR count). The summed E-state index contributed by atoms with van der Waals surface area (Å²) in [6.07, 6.45) is 3.02. The van der Waals surface area contributed by atoms with Gasteiger partial charge in [0.05, 0.1) is 0 Å². The van der Waals surface area contributed by atoms with Crippen LogP contribution in [0.15, 0.2) is 48.9 Å². The Labute approximate surface area is 103 Å². The number of hydrogen-bond acceptors (Lipinski definition) is 3. The quantitative estimate of drug-likeness (QED) is 0.710. The first-order valence-electron chi connectivity index (χ1n) is 5.43. The van der Waals surface area contributed by atoms with E-state index in [9.17, 15) is 9.50 Å². The minimum absolute atomic E-state index is 0.0847. The van der Waals surface area contributed by atoms with Gasteiger partial charge in [0.2, 0.25) is 0 Å². The average molecular weight is 240 g/mol. The van der Waals surface area contributed by atoms with Gasteiger partial charge in [-0.3, -0.25) is 0 Å². The number of phenols is 1. The lowest BCUT2D eigenvalue weighted by atomic mass is 10.0. The predicted octanol–water partition coefficient (Wildman–Crippen LogP) is 3.14. The van der Waals surface area contributed by atoms with Gasteiger partial charge in [0.25, 0.3) is 0 Å². The van der Waals surface area contributed by atoms with Crippen molar-refractivity contribution in [2.24, 2.45) is 0 Å². The molecular weight excluding hydrogens is 231 g/mol. The third-order valence-electron chi connectivity index (χ3n) is 2.80. The minimum atomic E-state index is -0.304. The Kier molecular flexibility index (Phi) is 2.41. The topological polar surface area (TPSA) is 46.0 Å². The van der Waals surface area contributed by atoms with Crippen molar-refractivity contribution in [1.82, 2.24) is 9.97 Å². The van der Waals surface area contributed by atoms with Crippen molar-refractivity contribution >= 4 is 10.9 Å². The summed E-state index contributed by atoms with van der Waals surface area (Å²) in [6, 6.07) is 9.56. The van der Waals surface area contributed by atoms with Gasteiger partial charge in [-0.15, -0.1) is 0 Å². The summed E-state index contributed by atoms with van der Waals surface area (Å²) in [6.45, 7) is 0. The molecule has 18 heavy (non-hydrogen) atoms. The average Bonchev–Trinajstić information content (AvgIpc) is 2.41. The van der Waals surface area contributed by atoms with Crippen LogP contribution in [-0.2, 0) is 0 Å². The van der Waals surface area contributed by atoms with Crippen LogP contribution < -0.4 is 0 Å². The molecule has 2 aromatic carbocycles. The number of fused-ring (bicyclic) bond motifs is 1. The fourth-order valence-electron chi connectivity index (χ4n) is 1.90. The van der Waals surface area contributed by atoms with Crippen molar-refractivity contribution in [1.29, 1.82) is 0 Å². The molecule has 0 aliphatic rings. The molecule has 0 unspecified atom stereocenters. The Morgan fingerprint density at radius 2 is 1.78 bits per heavy atom. The zero-order valence-electron chi connectivity index (χ0n) is 9.34. The highest BCUT2D eigenvalue weighted by Crippen LogP contribution is 2.34. The monoisotopic (exact) mass is 240 g/mol. The summed E-state index contributed by atoms with van der Waals surface area (Å²) < 4.78 is 12.9. The summed E-state index contributed by atoms with van der Waals surface area (Å²) in [4.78, 5) is 7.95. The summed E-state index contributed by atoms with van der Waals surface area (Å²) in [5.74, 6) is -0.220. The Hall–Kier alpha value is -2.49. The van der Waals surface area contributed by atoms with Crippen LogP contribution >= 0.6 is 0 Å². The number of rotatable bonds is 1. The number of phenolic OH excluding ortho intramolecular Hbond substituents is 1. The van der Waals surface area contributed by atoms with E-state index in [1.54, 1.807) is 24.4 Å². The van der Waals surface area contributed by atoms with E-state index in [1.807, 2.05) is 6.07 Å². The van der Waals surface area contributed by atoms with Crippen LogP contribution in [0.3, 0.4) is 0 Å². The van der Waals surface area contributed by atoms with Crippen LogP contribution in [0.25, 0.3) is 22.0 Å². The van der Waals surface area contributed by atoms with E-state index >= 15 is 0 Å². The second-order valence-corrected chi connectivity index (χ2v) is 3.93. The van der Waals surface area contributed by atoms with E-state index in [2.05, 4.69) is 9.97 Å². The molecule has 1 heterocycles. The molecule has 1 N–H and O–H groups in total. The molecule has 1 aromatic heterocycles. The Morgan fingerprint density at radius 3 is 2.56 bits per heavy atom. The first-order chi connectivity index (χ1) is 8.75. The van der Waals surface area contributed by atoms with Gasteiger partial charge in [-0.1, -0.05) is 18.2 Å². The van der Waals surface area contributed by atoms with Crippen molar-refractivity contribution in [2.75, 3.05) is 0 Å². The highest BCUT2D eigenvalue weighted by molar-refractivity contribution is 5.91. The van der Waals surface area contributed by atoms with E-state index in [0.717, 1.165) is 10.9 Å². The van der Waals surface area contributed by atoms with E-state index in [-0.39, 0.29) is 11.6 Å². The largest absolute Gasteiger partial charge is 0.505 e. The first-order valence-corrected chi connectivity index (χ1v) is 5.43. The van der Waals surface area contributed by atoms with E-state index in [0.29, 0.717) is 11.1 Å². The van der Waals surface area contributed by atoms with Gasteiger partial charge in [0, 0.05) is 17.1 Å². The minimum Gasteiger partial charge on any atom is -0.505 e. The number of nitrogens with zero attached hydrogens (tertiary/aromatic N) is 2. The summed E-state index contributed by atoms with van der Waals surface area (Å²) in [7, 11) is 0. The standard InChI is InChI=1S/C14H9FN2O/c15-11-4-1-9(2-5-11)12-6-3-10-7-16-8-17-13(10)14(12)18/h1-8,18H. The lowest BCUT2D eigenvalue weighted by molar-refractivity contribution is 0.482. The fourth-order valence-corrected chi connectivity index (χ4v) is 1.90. The molecule has 0 radical (unpaired) electrons. The molecular formula is C14H9FN2O. The SMILES string of the molecule is Oc1c(-c2ccc(F)cc2)ccc2cncnc12. The van der Waals surface area contributed by atoms with Gasteiger partial charge >= 0.3 is 0 Å². The number of aromatic nitrogens is 2. The van der Waals surface area contributed by atoms with E-state index < -0.39 is 0 Å². The maximum Gasteiger partial charge on any atom is 0.149 e. The summed E-state index contributed by atoms with van der Waals surface area (Å²) in [5.41, 5.74) is 1.86. The van der Waals surface area contributed by atoms with Gasteiger partial charge in [-0.25, -0.2) is 14.4 Å². The van der Waals surface area contributed by atoms with Crippen LogP contribution in [-0.4, -0.2) is 15.1 Å². The van der Waals surface area contributed by atoms with Crippen molar-refractivity contribution in [3.05, 3.63) is 54.7 Å². The second kappa shape index (κ2) is 4.07. The Morgan fingerprint density at radius 1 is 1.00 bits per heavy atom. The summed E-state index contributed by atoms with van der Waals surface area (Å²) in [5, 5.41) is 11.0. The van der Waals surface area contributed by atoms with Crippen LogP contribution in [0.4, 0.5) is 4.39 Å². The molecule has 3 nitrogen and oxygen atoms in total. The molecule has 0 spiro atoms. The maximum atomic E-state index is 12.9. The van der Waals surface area contributed by atoms with Crippen molar-refractivity contribution in [2.45, 2.75) is 0 Å². The predicted molar refractivity (Wildman–Crippen MR) is 66.6 cm³/mol. The third-order valence-corrected chi connectivity index (χ3v) is 2.80. The molecule has 0 bridgehead atoms. The molecule has 3 aromatic rings. The van der Waals surface area contributed by atoms with Gasteiger partial charge in [-0.05, 0) is 23.8 Å². The van der Waals surface area contributed by atoms with Crippen LogP contribution in [0.5, 0.6) is 5.75 Å². The molecule has 0 aliphatic heterocycles. The normalized spacial score (nSPS) is 10.7. The molecule has 0 amide bonds. The van der Waals surface area contributed by atoms with Gasteiger partial charge < -0.3 is 5.11 Å². The second-order valence-electron chi connectivity index (χ2n) is 3.93. The molecule has 0 atom stereocenters. The highest BCUT2D eigenvalue weighted by atomic mass is 19.1. The van der Waals surface area contributed by atoms with Gasteiger partial charge in [0.15, 0.2) is 0 Å². The zero-order chi connectivity index (χ0) is 12.5. The molecule has 0 aliphatic carbocycles. The molecule has 88 valence electrons. The van der Waals surface area contributed by atoms with Gasteiger partial charge in [0.1, 0.15) is 23.4 Å². The number of halogens is 1. The Balaban J connectivity index is 2.24. The molecule has 4 heteroatoms. The highest BCUT2D eigenvalue weighted by Gasteiger charge is 2.09. The molecule has 0 fully saturated rings. The third kappa shape index (κ3) is 1.68. The Bertz CT molecular complexity index is 711. The number of benzene rings is 2. The first kappa shape index (κ1) is 10.7. The van der Waals surface area contributed by atoms with Crippen molar-refractivity contribution < 1.29 is 9.50 Å². The van der Waals surface area contributed by atoms with Gasteiger partial charge in [-0.2, -0.15) is 0 Å². The van der Waals surface area contributed by atoms with Crippen LogP contribution in [0.1, 0.15) is 0 Å². The fraction of sp³-hybridized carbons (Fsp3) is 0. The summed E-state index contributed by atoms with van der Waals surface area (Å²) >= 11 is 0. The maximum absolute atomic E-state index is 12.9. The van der Waals surface area contributed by atoms with Crippen LogP contribution in [0.2, 0.25) is 0 Å². The van der Waals surface area contributed by atoms with E-state index in [4.69, 9.17) is 0 Å². The molecule has 0 saturated heterocycles. The van der Waals surface area contributed by atoms with E-state index in [1.165, 1.54) is 18.5 Å². The van der Waals surface area contributed by atoms with Crippen molar-refractivity contribution in [3.63, 3.8) is 0 Å². The molecule has 0 saturated carbocycles. The lowest BCUT2D eigenvalue weighted by Crippen LogP contribution is -1.85.